The van der Waals surface area contributed by atoms with Gasteiger partial charge in [0.25, 0.3) is 11.8 Å². The monoisotopic (exact) mass is 389 g/mol. The molecule has 0 radical (unpaired) electrons. The van der Waals surface area contributed by atoms with Crippen LogP contribution in [0.2, 0.25) is 0 Å². The first-order valence-electron chi connectivity index (χ1n) is 9.27. The molecule has 0 spiro atoms. The smallest absolute Gasteiger partial charge is 0.326 e. The molecule has 28 heavy (non-hydrogen) atoms. The van der Waals surface area contributed by atoms with Crippen molar-refractivity contribution in [1.82, 2.24) is 10.2 Å². The van der Waals surface area contributed by atoms with Gasteiger partial charge in [-0.05, 0) is 50.3 Å². The van der Waals surface area contributed by atoms with Crippen LogP contribution in [0.4, 0.5) is 10.5 Å². The van der Waals surface area contributed by atoms with E-state index in [0.717, 1.165) is 16.9 Å². The molecule has 1 atom stereocenters. The molecular weight excluding hydrogens is 362 g/mol. The van der Waals surface area contributed by atoms with Gasteiger partial charge in [-0.2, -0.15) is 0 Å². The molecule has 2 rings (SSSR count). The molecule has 1 aromatic carbocycles. The summed E-state index contributed by atoms with van der Waals surface area (Å²) in [4.78, 5) is 49.4. The lowest BCUT2D eigenvalue weighted by atomic mass is 9.92. The summed E-state index contributed by atoms with van der Waals surface area (Å²) < 4.78 is 4.91. The first kappa shape index (κ1) is 21.4. The number of ether oxygens (including phenoxy) is 1. The Hall–Kier alpha value is -2.90. The predicted molar refractivity (Wildman–Crippen MR) is 103 cm³/mol. The second-order valence-corrected chi connectivity index (χ2v) is 7.66. The van der Waals surface area contributed by atoms with Crippen LogP contribution < -0.4 is 10.6 Å². The van der Waals surface area contributed by atoms with Crippen LogP contribution in [-0.2, 0) is 19.1 Å². The SMILES string of the molecule is Cc1cccc(NC(=O)COC(=O)CN2C(=O)N[C@](C)(CCC(C)C)C2=O)c1. The number of urea groups is 1. The first-order valence-corrected chi connectivity index (χ1v) is 9.27. The number of carbonyl (C=O) groups excluding carboxylic acids is 4. The molecule has 1 fully saturated rings. The molecular formula is C20H27N3O5. The molecule has 8 nitrogen and oxygen atoms in total. The van der Waals surface area contributed by atoms with Crippen molar-refractivity contribution in [3.8, 4) is 0 Å². The maximum absolute atomic E-state index is 12.6. The number of imide groups is 1. The summed E-state index contributed by atoms with van der Waals surface area (Å²) in [6.45, 7) is 6.57. The zero-order valence-corrected chi connectivity index (χ0v) is 16.7. The summed E-state index contributed by atoms with van der Waals surface area (Å²) in [7, 11) is 0. The Morgan fingerprint density at radius 1 is 1.29 bits per heavy atom. The Morgan fingerprint density at radius 2 is 2.00 bits per heavy atom. The third-order valence-electron chi connectivity index (χ3n) is 4.52. The molecule has 0 saturated carbocycles. The van der Waals surface area contributed by atoms with Gasteiger partial charge in [-0.1, -0.05) is 26.0 Å². The minimum atomic E-state index is -1.02. The maximum atomic E-state index is 12.6. The average molecular weight is 389 g/mol. The van der Waals surface area contributed by atoms with Gasteiger partial charge in [-0.25, -0.2) is 4.79 Å². The normalized spacial score (nSPS) is 19.0. The van der Waals surface area contributed by atoms with Crippen molar-refractivity contribution in [2.24, 2.45) is 5.92 Å². The van der Waals surface area contributed by atoms with E-state index in [-0.39, 0.29) is 0 Å². The van der Waals surface area contributed by atoms with E-state index in [2.05, 4.69) is 10.6 Å². The number of hydrogen-bond acceptors (Lipinski definition) is 5. The summed E-state index contributed by atoms with van der Waals surface area (Å²) in [6.07, 6.45) is 1.25. The van der Waals surface area contributed by atoms with E-state index in [1.54, 1.807) is 25.1 Å². The summed E-state index contributed by atoms with van der Waals surface area (Å²) in [6, 6.07) is 6.56. The zero-order valence-electron chi connectivity index (χ0n) is 16.7. The minimum Gasteiger partial charge on any atom is -0.454 e. The molecule has 1 aromatic rings. The second-order valence-electron chi connectivity index (χ2n) is 7.66. The highest BCUT2D eigenvalue weighted by Crippen LogP contribution is 2.24. The van der Waals surface area contributed by atoms with Gasteiger partial charge in [0.2, 0.25) is 0 Å². The van der Waals surface area contributed by atoms with E-state index < -0.39 is 42.5 Å². The molecule has 0 bridgehead atoms. The van der Waals surface area contributed by atoms with Gasteiger partial charge >= 0.3 is 12.0 Å². The number of nitrogens with zero attached hydrogens (tertiary/aromatic N) is 1. The molecule has 1 saturated heterocycles. The van der Waals surface area contributed by atoms with Gasteiger partial charge in [0.05, 0.1) is 0 Å². The van der Waals surface area contributed by atoms with Gasteiger partial charge in [0.15, 0.2) is 6.61 Å². The number of benzene rings is 1. The van der Waals surface area contributed by atoms with E-state index in [9.17, 15) is 19.2 Å². The number of aryl methyl sites for hydroxylation is 1. The molecule has 1 aliphatic heterocycles. The Balaban J connectivity index is 1.84. The van der Waals surface area contributed by atoms with Crippen molar-refractivity contribution in [3.05, 3.63) is 29.8 Å². The number of nitrogens with one attached hydrogen (secondary N) is 2. The Kier molecular flexibility index (Phi) is 6.77. The number of esters is 1. The zero-order chi connectivity index (χ0) is 20.9. The second kappa shape index (κ2) is 8.86. The van der Waals surface area contributed by atoms with Crippen LogP contribution in [-0.4, -0.2) is 47.4 Å². The largest absolute Gasteiger partial charge is 0.454 e. The number of rotatable bonds is 8. The Bertz CT molecular complexity index is 777. The van der Waals surface area contributed by atoms with Crippen molar-refractivity contribution in [2.45, 2.75) is 46.1 Å². The average Bonchev–Trinajstić information content (AvgIpc) is 2.82. The van der Waals surface area contributed by atoms with Crippen LogP contribution in [0.15, 0.2) is 24.3 Å². The third kappa shape index (κ3) is 5.55. The van der Waals surface area contributed by atoms with Crippen molar-refractivity contribution < 1.29 is 23.9 Å². The van der Waals surface area contributed by atoms with Crippen LogP contribution in [0.1, 0.15) is 39.2 Å². The Morgan fingerprint density at radius 3 is 2.64 bits per heavy atom. The van der Waals surface area contributed by atoms with Crippen LogP contribution in [0.25, 0.3) is 0 Å². The predicted octanol–water partition coefficient (Wildman–Crippen LogP) is 2.22. The molecule has 0 aromatic heterocycles. The van der Waals surface area contributed by atoms with E-state index in [1.807, 2.05) is 26.8 Å². The van der Waals surface area contributed by atoms with Crippen molar-refractivity contribution in [3.63, 3.8) is 0 Å². The topological polar surface area (TPSA) is 105 Å². The van der Waals surface area contributed by atoms with Crippen LogP contribution in [0.3, 0.4) is 0 Å². The fraction of sp³-hybridized carbons (Fsp3) is 0.500. The van der Waals surface area contributed by atoms with E-state index in [4.69, 9.17) is 4.74 Å². The molecule has 0 aliphatic carbocycles. The highest BCUT2D eigenvalue weighted by Gasteiger charge is 2.48. The van der Waals surface area contributed by atoms with E-state index in [0.29, 0.717) is 18.0 Å². The molecule has 2 N–H and O–H groups in total. The van der Waals surface area contributed by atoms with Gasteiger partial charge in [-0.15, -0.1) is 0 Å². The van der Waals surface area contributed by atoms with E-state index >= 15 is 0 Å². The maximum Gasteiger partial charge on any atom is 0.326 e. The fourth-order valence-electron chi connectivity index (χ4n) is 2.88. The van der Waals surface area contributed by atoms with Crippen molar-refractivity contribution in [1.29, 1.82) is 0 Å². The summed E-state index contributed by atoms with van der Waals surface area (Å²) in [5.41, 5.74) is 0.550. The molecule has 0 unspecified atom stereocenters. The lowest BCUT2D eigenvalue weighted by Gasteiger charge is -2.22. The number of anilines is 1. The van der Waals surface area contributed by atoms with Gasteiger partial charge in [-0.3, -0.25) is 19.3 Å². The van der Waals surface area contributed by atoms with Crippen LogP contribution in [0.5, 0.6) is 0 Å². The molecule has 8 heteroatoms. The minimum absolute atomic E-state index is 0.382. The molecule has 1 aliphatic rings. The molecule has 4 amide bonds. The van der Waals surface area contributed by atoms with Gasteiger partial charge < -0.3 is 15.4 Å². The van der Waals surface area contributed by atoms with Crippen molar-refractivity contribution >= 4 is 29.5 Å². The third-order valence-corrected chi connectivity index (χ3v) is 4.52. The van der Waals surface area contributed by atoms with Crippen molar-refractivity contribution in [2.75, 3.05) is 18.5 Å². The molecule has 1 heterocycles. The lowest BCUT2D eigenvalue weighted by molar-refractivity contribution is -0.150. The number of amides is 4. The summed E-state index contributed by atoms with van der Waals surface area (Å²) in [5.74, 6) is -1.40. The van der Waals surface area contributed by atoms with Gasteiger partial charge in [0, 0.05) is 5.69 Å². The Labute approximate surface area is 164 Å². The standard InChI is InChI=1S/C20H27N3O5/c1-13(2)8-9-20(4)18(26)23(19(27)22-20)11-17(25)28-12-16(24)21-15-7-5-6-14(3)10-15/h5-7,10,13H,8-9,11-12H2,1-4H3,(H,21,24)(H,22,27)/t20-/m1/s1. The van der Waals surface area contributed by atoms with Gasteiger partial charge in [0.1, 0.15) is 12.1 Å². The van der Waals surface area contributed by atoms with Crippen LogP contribution >= 0.6 is 0 Å². The quantitative estimate of drug-likeness (QED) is 0.524. The lowest BCUT2D eigenvalue weighted by Crippen LogP contribution is -2.44. The molecule has 152 valence electrons. The highest BCUT2D eigenvalue weighted by molar-refractivity contribution is 6.08. The number of carbonyl (C=O) groups is 4. The van der Waals surface area contributed by atoms with Crippen LogP contribution in [0, 0.1) is 12.8 Å². The fourth-order valence-corrected chi connectivity index (χ4v) is 2.88. The van der Waals surface area contributed by atoms with E-state index in [1.165, 1.54) is 0 Å². The number of hydrogen-bond donors (Lipinski definition) is 2. The highest BCUT2D eigenvalue weighted by atomic mass is 16.5. The first-order chi connectivity index (χ1) is 13.1. The summed E-state index contributed by atoms with van der Waals surface area (Å²) >= 11 is 0. The summed E-state index contributed by atoms with van der Waals surface area (Å²) in [5, 5.41) is 5.26.